The van der Waals surface area contributed by atoms with Crippen LogP contribution in [0.5, 0.6) is 0 Å². The van der Waals surface area contributed by atoms with Gasteiger partial charge in [0.05, 0.1) is 4.47 Å². The normalized spacial score (nSPS) is 17.5. The van der Waals surface area contributed by atoms with Crippen LogP contribution in [-0.2, 0) is 4.79 Å². The molecule has 1 saturated heterocycles. The zero-order valence-corrected chi connectivity index (χ0v) is 10.6. The van der Waals surface area contributed by atoms with Crippen molar-refractivity contribution in [1.82, 2.24) is 14.9 Å². The van der Waals surface area contributed by atoms with Crippen LogP contribution in [0.3, 0.4) is 0 Å². The highest BCUT2D eigenvalue weighted by molar-refractivity contribution is 9.10. The van der Waals surface area contributed by atoms with E-state index >= 15 is 0 Å². The van der Waals surface area contributed by atoms with Crippen molar-refractivity contribution in [3.05, 3.63) is 16.9 Å². The molecular weight excluding hydrogens is 272 g/mol. The summed E-state index contributed by atoms with van der Waals surface area (Å²) in [5.41, 5.74) is 0. The SMILES string of the molecule is CN1CCN(c2ncc(Br)cn2)CCC1=O. The summed E-state index contributed by atoms with van der Waals surface area (Å²) < 4.78 is 0.860. The quantitative estimate of drug-likeness (QED) is 0.769. The first-order valence-corrected chi connectivity index (χ1v) is 5.92. The summed E-state index contributed by atoms with van der Waals surface area (Å²) in [5, 5.41) is 0. The van der Waals surface area contributed by atoms with Gasteiger partial charge in [-0.2, -0.15) is 0 Å². The highest BCUT2D eigenvalue weighted by atomic mass is 79.9. The highest BCUT2D eigenvalue weighted by Gasteiger charge is 2.19. The van der Waals surface area contributed by atoms with Crippen LogP contribution in [-0.4, -0.2) is 47.5 Å². The minimum Gasteiger partial charge on any atom is -0.344 e. The fraction of sp³-hybridized carbons (Fsp3) is 0.500. The molecule has 2 rings (SSSR count). The van der Waals surface area contributed by atoms with E-state index in [1.807, 2.05) is 11.9 Å². The molecule has 1 amide bonds. The van der Waals surface area contributed by atoms with E-state index in [0.29, 0.717) is 18.9 Å². The number of nitrogens with zero attached hydrogens (tertiary/aromatic N) is 4. The summed E-state index contributed by atoms with van der Waals surface area (Å²) in [4.78, 5) is 23.7. The lowest BCUT2D eigenvalue weighted by atomic mass is 10.4. The number of rotatable bonds is 1. The summed E-state index contributed by atoms with van der Waals surface area (Å²) in [7, 11) is 1.83. The van der Waals surface area contributed by atoms with Gasteiger partial charge in [0, 0.05) is 45.5 Å². The number of carbonyl (C=O) groups excluding carboxylic acids is 1. The van der Waals surface area contributed by atoms with E-state index in [9.17, 15) is 4.79 Å². The maximum Gasteiger partial charge on any atom is 0.225 e. The average Bonchev–Trinajstić information content (AvgIpc) is 2.44. The number of halogens is 1. The van der Waals surface area contributed by atoms with Crippen molar-refractivity contribution in [3.63, 3.8) is 0 Å². The topological polar surface area (TPSA) is 49.3 Å². The molecule has 0 aliphatic carbocycles. The Kier molecular flexibility index (Phi) is 3.38. The van der Waals surface area contributed by atoms with Crippen molar-refractivity contribution in [2.45, 2.75) is 6.42 Å². The lowest BCUT2D eigenvalue weighted by molar-refractivity contribution is -0.129. The molecule has 0 bridgehead atoms. The Bertz CT molecular complexity index is 381. The number of hydrogen-bond acceptors (Lipinski definition) is 4. The van der Waals surface area contributed by atoms with Crippen LogP contribution < -0.4 is 4.90 Å². The van der Waals surface area contributed by atoms with Gasteiger partial charge in [-0.05, 0) is 15.9 Å². The van der Waals surface area contributed by atoms with E-state index in [1.165, 1.54) is 0 Å². The predicted octanol–water partition coefficient (Wildman–Crippen LogP) is 0.908. The summed E-state index contributed by atoms with van der Waals surface area (Å²) in [5.74, 6) is 0.867. The molecular formula is C10H13BrN4O. The molecule has 0 radical (unpaired) electrons. The molecule has 1 fully saturated rings. The molecule has 0 aromatic carbocycles. The van der Waals surface area contributed by atoms with Gasteiger partial charge in [-0.25, -0.2) is 9.97 Å². The maximum absolute atomic E-state index is 11.5. The molecule has 5 nitrogen and oxygen atoms in total. The second-order valence-corrected chi connectivity index (χ2v) is 4.67. The largest absolute Gasteiger partial charge is 0.344 e. The van der Waals surface area contributed by atoms with Gasteiger partial charge in [0.15, 0.2) is 0 Å². The second kappa shape index (κ2) is 4.78. The van der Waals surface area contributed by atoms with Crippen LogP contribution in [0.15, 0.2) is 16.9 Å². The Labute approximate surface area is 103 Å². The lowest BCUT2D eigenvalue weighted by Gasteiger charge is -2.19. The molecule has 0 atom stereocenters. The van der Waals surface area contributed by atoms with Gasteiger partial charge in [-0.15, -0.1) is 0 Å². The second-order valence-electron chi connectivity index (χ2n) is 3.75. The van der Waals surface area contributed by atoms with Gasteiger partial charge in [0.2, 0.25) is 11.9 Å². The number of likely N-dealkylation sites (N-methyl/N-ethyl adjacent to an activating group) is 1. The number of hydrogen-bond donors (Lipinski definition) is 0. The summed E-state index contributed by atoms with van der Waals surface area (Å²) in [6.07, 6.45) is 3.97. The minimum atomic E-state index is 0.180. The molecule has 0 saturated carbocycles. The van der Waals surface area contributed by atoms with Gasteiger partial charge in [-0.1, -0.05) is 0 Å². The zero-order chi connectivity index (χ0) is 11.5. The van der Waals surface area contributed by atoms with Gasteiger partial charge in [0.25, 0.3) is 0 Å². The molecule has 0 N–H and O–H groups in total. The van der Waals surface area contributed by atoms with E-state index in [1.54, 1.807) is 17.3 Å². The predicted molar refractivity (Wildman–Crippen MR) is 64.2 cm³/mol. The van der Waals surface area contributed by atoms with E-state index in [2.05, 4.69) is 25.9 Å². The smallest absolute Gasteiger partial charge is 0.225 e. The van der Waals surface area contributed by atoms with Crippen LogP contribution in [0.4, 0.5) is 5.95 Å². The average molecular weight is 285 g/mol. The van der Waals surface area contributed by atoms with Crippen LogP contribution in [0.2, 0.25) is 0 Å². The molecule has 1 aromatic heterocycles. The molecule has 1 aliphatic rings. The fourth-order valence-electron chi connectivity index (χ4n) is 1.60. The van der Waals surface area contributed by atoms with Crippen LogP contribution in [0.25, 0.3) is 0 Å². The Hall–Kier alpha value is -1.17. The molecule has 0 spiro atoms. The Balaban J connectivity index is 2.10. The molecule has 1 aliphatic heterocycles. The minimum absolute atomic E-state index is 0.180. The van der Waals surface area contributed by atoms with E-state index in [-0.39, 0.29) is 5.91 Å². The standard InChI is InChI=1S/C10H13BrN4O/c1-14-4-5-15(3-2-9(14)16)10-12-6-8(11)7-13-10/h6-7H,2-5H2,1H3. The molecule has 1 aromatic rings. The summed E-state index contributed by atoms with van der Waals surface area (Å²) >= 11 is 3.30. The third kappa shape index (κ3) is 2.49. The van der Waals surface area contributed by atoms with E-state index in [4.69, 9.17) is 0 Å². The third-order valence-corrected chi connectivity index (χ3v) is 3.03. The monoisotopic (exact) mass is 284 g/mol. The lowest BCUT2D eigenvalue weighted by Crippen LogP contribution is -2.30. The van der Waals surface area contributed by atoms with Gasteiger partial charge in [0.1, 0.15) is 0 Å². The molecule has 2 heterocycles. The van der Waals surface area contributed by atoms with Crippen molar-refractivity contribution < 1.29 is 4.79 Å². The third-order valence-electron chi connectivity index (χ3n) is 2.62. The molecule has 86 valence electrons. The summed E-state index contributed by atoms with van der Waals surface area (Å²) in [6.45, 7) is 2.19. The first kappa shape index (κ1) is 11.3. The highest BCUT2D eigenvalue weighted by Crippen LogP contribution is 2.13. The van der Waals surface area contributed by atoms with Gasteiger partial charge < -0.3 is 9.80 Å². The number of carbonyl (C=O) groups is 1. The van der Waals surface area contributed by atoms with E-state index in [0.717, 1.165) is 17.6 Å². The van der Waals surface area contributed by atoms with Crippen molar-refractivity contribution in [2.24, 2.45) is 0 Å². The van der Waals surface area contributed by atoms with Crippen LogP contribution in [0.1, 0.15) is 6.42 Å². The summed E-state index contributed by atoms with van der Waals surface area (Å²) in [6, 6.07) is 0. The number of anilines is 1. The molecule has 0 unspecified atom stereocenters. The maximum atomic E-state index is 11.5. The van der Waals surface area contributed by atoms with Gasteiger partial charge in [-0.3, -0.25) is 4.79 Å². The van der Waals surface area contributed by atoms with Crippen LogP contribution in [0, 0.1) is 0 Å². The van der Waals surface area contributed by atoms with E-state index < -0.39 is 0 Å². The Morgan fingerprint density at radius 2 is 1.94 bits per heavy atom. The first-order valence-electron chi connectivity index (χ1n) is 5.13. The Morgan fingerprint density at radius 3 is 2.62 bits per heavy atom. The van der Waals surface area contributed by atoms with Crippen molar-refractivity contribution in [2.75, 3.05) is 31.6 Å². The fourth-order valence-corrected chi connectivity index (χ4v) is 1.80. The number of aromatic nitrogens is 2. The zero-order valence-electron chi connectivity index (χ0n) is 9.06. The van der Waals surface area contributed by atoms with Gasteiger partial charge >= 0.3 is 0 Å². The number of amides is 1. The van der Waals surface area contributed by atoms with Crippen molar-refractivity contribution in [3.8, 4) is 0 Å². The van der Waals surface area contributed by atoms with Crippen molar-refractivity contribution >= 4 is 27.8 Å². The molecule has 6 heteroatoms. The van der Waals surface area contributed by atoms with Crippen molar-refractivity contribution in [1.29, 1.82) is 0 Å². The molecule has 16 heavy (non-hydrogen) atoms. The van der Waals surface area contributed by atoms with Crippen LogP contribution >= 0.6 is 15.9 Å². The first-order chi connectivity index (χ1) is 7.66. The Morgan fingerprint density at radius 1 is 1.25 bits per heavy atom.